The van der Waals surface area contributed by atoms with Crippen molar-refractivity contribution in [2.24, 2.45) is 0 Å². The van der Waals surface area contributed by atoms with Crippen LogP contribution in [0.15, 0.2) is 51.8 Å². The second kappa shape index (κ2) is 8.33. The van der Waals surface area contributed by atoms with E-state index >= 15 is 0 Å². The van der Waals surface area contributed by atoms with Crippen LogP contribution in [0, 0.1) is 0 Å². The Morgan fingerprint density at radius 2 is 1.93 bits per heavy atom. The van der Waals surface area contributed by atoms with Crippen LogP contribution in [0.5, 0.6) is 5.75 Å². The number of fused-ring (bicyclic) bond motifs is 1. The smallest absolute Gasteiger partial charge is 0.243 e. The second-order valence-corrected chi connectivity index (χ2v) is 9.86. The Hall–Kier alpha value is -1.37. The Balaban J connectivity index is 2.22. The lowest BCUT2D eigenvalue weighted by Crippen LogP contribution is -2.36. The molecule has 1 heterocycles. The Kier molecular flexibility index (Phi) is 6.28. The zero-order valence-corrected chi connectivity index (χ0v) is 18.4. The van der Waals surface area contributed by atoms with Gasteiger partial charge in [0.05, 0.1) is 16.5 Å². The van der Waals surface area contributed by atoms with E-state index in [0.717, 1.165) is 41.3 Å². The molecular weight excluding hydrogens is 426 g/mol. The molecule has 0 bridgehead atoms. The van der Waals surface area contributed by atoms with E-state index in [0.29, 0.717) is 10.6 Å². The lowest BCUT2D eigenvalue weighted by molar-refractivity contribution is 0.322. The minimum absolute atomic E-state index is 0.0185. The third-order valence-corrected chi connectivity index (χ3v) is 8.02. The summed E-state index contributed by atoms with van der Waals surface area (Å²) in [6.45, 7) is 2.14. The maximum Gasteiger partial charge on any atom is 0.243 e. The largest absolute Gasteiger partial charge is 0.496 e. The molecule has 1 aliphatic heterocycles. The normalized spacial score (nSPS) is 22.1. The Morgan fingerprint density at radius 1 is 1.22 bits per heavy atom. The molecule has 2 unspecified atom stereocenters. The minimum Gasteiger partial charge on any atom is -0.496 e. The summed E-state index contributed by atoms with van der Waals surface area (Å²) in [5.41, 5.74) is 1.97. The van der Waals surface area contributed by atoms with Crippen molar-refractivity contribution < 1.29 is 13.2 Å². The molecule has 0 amide bonds. The lowest BCUT2D eigenvalue weighted by atomic mass is 9.85. The number of hydrogen-bond donors (Lipinski definition) is 0. The first kappa shape index (κ1) is 20.4. The summed E-state index contributed by atoms with van der Waals surface area (Å²) >= 11 is 3.54. The van der Waals surface area contributed by atoms with Gasteiger partial charge >= 0.3 is 0 Å². The summed E-state index contributed by atoms with van der Waals surface area (Å²) in [5.74, 6) is 0.550. The Labute approximate surface area is 170 Å². The van der Waals surface area contributed by atoms with E-state index in [9.17, 15) is 8.42 Å². The molecule has 0 aliphatic carbocycles. The maximum absolute atomic E-state index is 13.4. The molecule has 0 spiro atoms. The molecule has 2 aromatic rings. The van der Waals surface area contributed by atoms with Gasteiger partial charge in [-0.25, -0.2) is 8.42 Å². The Morgan fingerprint density at radius 3 is 2.56 bits per heavy atom. The quantitative estimate of drug-likeness (QED) is 0.629. The summed E-state index contributed by atoms with van der Waals surface area (Å²) in [6, 6.07) is 13.7. The number of sulfonamides is 1. The molecule has 0 saturated carbocycles. The first-order chi connectivity index (χ1) is 12.9. The number of methoxy groups -OCH3 is 1. The molecule has 0 N–H and O–H groups in total. The van der Waals surface area contributed by atoms with Gasteiger partial charge in [-0.3, -0.25) is 0 Å². The van der Waals surface area contributed by atoms with Crippen LogP contribution in [0.25, 0.3) is 0 Å². The van der Waals surface area contributed by atoms with E-state index in [2.05, 4.69) is 35.0 Å². The summed E-state index contributed by atoms with van der Waals surface area (Å²) in [4.78, 5) is 0.345. The molecule has 3 rings (SSSR count). The molecule has 146 valence electrons. The van der Waals surface area contributed by atoms with E-state index in [1.54, 1.807) is 24.5 Å². The average Bonchev–Trinajstić information content (AvgIpc) is 2.74. The monoisotopic (exact) mass is 451 g/mol. The van der Waals surface area contributed by atoms with Crippen LogP contribution in [0.2, 0.25) is 0 Å². The number of halogens is 1. The van der Waals surface area contributed by atoms with Gasteiger partial charge in [-0.05, 0) is 46.0 Å². The summed E-state index contributed by atoms with van der Waals surface area (Å²) in [7, 11) is -0.331. The SMILES string of the molecule is CCCCC1CC(c2ccccc2)c2cc(Br)c(OC)cc2S(=O)(=O)N1C. The van der Waals surface area contributed by atoms with Crippen molar-refractivity contribution in [3.8, 4) is 5.75 Å². The number of ether oxygens (including phenoxy) is 1. The van der Waals surface area contributed by atoms with E-state index in [1.807, 2.05) is 24.3 Å². The van der Waals surface area contributed by atoms with Crippen molar-refractivity contribution in [3.63, 3.8) is 0 Å². The van der Waals surface area contributed by atoms with Crippen molar-refractivity contribution in [1.29, 1.82) is 0 Å². The second-order valence-electron chi connectivity index (χ2n) is 7.04. The van der Waals surface area contributed by atoms with Crippen molar-refractivity contribution >= 4 is 26.0 Å². The van der Waals surface area contributed by atoms with Gasteiger partial charge in [0.15, 0.2) is 0 Å². The number of unbranched alkanes of at least 4 members (excludes halogenated alkanes) is 1. The minimum atomic E-state index is -3.59. The van der Waals surface area contributed by atoms with Crippen molar-refractivity contribution in [2.75, 3.05) is 14.2 Å². The van der Waals surface area contributed by atoms with Crippen molar-refractivity contribution in [3.05, 3.63) is 58.1 Å². The molecule has 27 heavy (non-hydrogen) atoms. The third-order valence-electron chi connectivity index (χ3n) is 5.43. The van der Waals surface area contributed by atoms with Gasteiger partial charge in [0, 0.05) is 25.1 Å². The number of hydrogen-bond acceptors (Lipinski definition) is 3. The molecule has 0 fully saturated rings. The van der Waals surface area contributed by atoms with Gasteiger partial charge in [0.2, 0.25) is 10.0 Å². The zero-order chi connectivity index (χ0) is 19.6. The van der Waals surface area contributed by atoms with Crippen LogP contribution < -0.4 is 4.74 Å². The maximum atomic E-state index is 13.4. The number of benzene rings is 2. The van der Waals surface area contributed by atoms with E-state index in [-0.39, 0.29) is 12.0 Å². The Bertz CT molecular complexity index is 899. The average molecular weight is 452 g/mol. The summed E-state index contributed by atoms with van der Waals surface area (Å²) in [6.07, 6.45) is 3.69. The molecule has 1 aliphatic rings. The predicted molar refractivity (Wildman–Crippen MR) is 112 cm³/mol. The van der Waals surface area contributed by atoms with Crippen LogP contribution in [-0.2, 0) is 10.0 Å². The highest BCUT2D eigenvalue weighted by atomic mass is 79.9. The van der Waals surface area contributed by atoms with Gasteiger partial charge in [-0.1, -0.05) is 50.1 Å². The van der Waals surface area contributed by atoms with E-state index < -0.39 is 10.0 Å². The van der Waals surface area contributed by atoms with Crippen molar-refractivity contribution in [1.82, 2.24) is 4.31 Å². The van der Waals surface area contributed by atoms with Crippen LogP contribution in [-0.4, -0.2) is 32.9 Å². The predicted octanol–water partition coefficient (Wildman–Crippen LogP) is 5.17. The van der Waals surface area contributed by atoms with Gasteiger partial charge in [-0.2, -0.15) is 4.31 Å². The molecule has 0 radical (unpaired) electrons. The standard InChI is InChI=1S/C21H26BrNO3S/c1-4-5-11-16-12-17(15-9-7-6-8-10-15)18-13-19(22)20(26-3)14-21(18)27(24,25)23(16)2/h6-10,13-14,16-17H,4-5,11-12H2,1-3H3. The zero-order valence-electron chi connectivity index (χ0n) is 16.0. The summed E-state index contributed by atoms with van der Waals surface area (Å²) in [5, 5.41) is 0. The van der Waals surface area contributed by atoms with Gasteiger partial charge < -0.3 is 4.74 Å². The molecule has 2 atom stereocenters. The van der Waals surface area contributed by atoms with Crippen LogP contribution in [0.1, 0.15) is 49.7 Å². The van der Waals surface area contributed by atoms with Crippen LogP contribution >= 0.6 is 15.9 Å². The first-order valence-corrected chi connectivity index (χ1v) is 11.5. The number of rotatable bonds is 5. The van der Waals surface area contributed by atoms with Gasteiger partial charge in [0.25, 0.3) is 0 Å². The lowest BCUT2D eigenvalue weighted by Gasteiger charge is -2.26. The highest BCUT2D eigenvalue weighted by molar-refractivity contribution is 9.10. The summed E-state index contributed by atoms with van der Waals surface area (Å²) < 4.78 is 34.5. The van der Waals surface area contributed by atoms with Gasteiger partial charge in [0.1, 0.15) is 5.75 Å². The highest BCUT2D eigenvalue weighted by Crippen LogP contribution is 2.43. The molecular formula is C21H26BrNO3S. The fourth-order valence-corrected chi connectivity index (χ4v) is 6.01. The topological polar surface area (TPSA) is 46.6 Å². The molecule has 0 aromatic heterocycles. The fourth-order valence-electron chi connectivity index (χ4n) is 3.84. The van der Waals surface area contributed by atoms with E-state index in [4.69, 9.17) is 4.74 Å². The first-order valence-electron chi connectivity index (χ1n) is 9.30. The molecule has 0 saturated heterocycles. The molecule has 2 aromatic carbocycles. The highest BCUT2D eigenvalue weighted by Gasteiger charge is 2.38. The third kappa shape index (κ3) is 3.93. The van der Waals surface area contributed by atoms with Gasteiger partial charge in [-0.15, -0.1) is 0 Å². The molecule has 4 nitrogen and oxygen atoms in total. The van der Waals surface area contributed by atoms with E-state index in [1.165, 1.54) is 0 Å². The van der Waals surface area contributed by atoms with Crippen LogP contribution in [0.3, 0.4) is 0 Å². The number of nitrogens with zero attached hydrogens (tertiary/aromatic N) is 1. The molecule has 6 heteroatoms. The fraction of sp³-hybridized carbons (Fsp3) is 0.429. The van der Waals surface area contributed by atoms with Crippen LogP contribution in [0.4, 0.5) is 0 Å². The van der Waals surface area contributed by atoms with Crippen molar-refractivity contribution in [2.45, 2.75) is 49.5 Å².